The zero-order valence-electron chi connectivity index (χ0n) is 19.0. The molecule has 1 N–H and O–H groups in total. The average Bonchev–Trinajstić information content (AvgIpc) is 3.34. The van der Waals surface area contributed by atoms with Gasteiger partial charge in [-0.15, -0.1) is 0 Å². The number of aliphatic hydroxyl groups excluding tert-OH is 1. The van der Waals surface area contributed by atoms with Gasteiger partial charge < -0.3 is 19.1 Å². The van der Waals surface area contributed by atoms with E-state index in [1.165, 1.54) is 43.4 Å². The molecule has 0 aliphatic heterocycles. The summed E-state index contributed by atoms with van der Waals surface area (Å²) >= 11 is 0. The highest BCUT2D eigenvalue weighted by Crippen LogP contribution is 2.36. The first-order chi connectivity index (χ1) is 16.7. The standard InChI is InChI=1S/C24H22F3N3O5/c1-4-34-23(32)19(31)15-10-12-16(13-11-15)21-29-22(35-30-21)20(33-3)17(24(25,26)27)18(28-2)14-8-6-5-7-9-14/h5-13,19,31H,4H2,1-3H3/b20-17+,28-18?. The third-order valence-electron chi connectivity index (χ3n) is 4.84. The molecule has 0 aliphatic rings. The van der Waals surface area contributed by atoms with Crippen molar-refractivity contribution >= 4 is 17.4 Å². The molecule has 0 saturated heterocycles. The van der Waals surface area contributed by atoms with Gasteiger partial charge in [-0.05, 0) is 12.5 Å². The molecular formula is C24H22F3N3O5. The smallest absolute Gasteiger partial charge is 0.422 e. The van der Waals surface area contributed by atoms with Gasteiger partial charge in [-0.25, -0.2) is 4.79 Å². The molecule has 1 unspecified atom stereocenters. The van der Waals surface area contributed by atoms with Crippen molar-refractivity contribution in [3.8, 4) is 11.4 Å². The number of ether oxygens (including phenoxy) is 2. The maximum Gasteiger partial charge on any atom is 0.422 e. The lowest BCUT2D eigenvalue weighted by molar-refractivity contribution is -0.153. The number of esters is 1. The number of methoxy groups -OCH3 is 1. The first-order valence-corrected chi connectivity index (χ1v) is 10.4. The number of aliphatic imine (C=N–C) groups is 1. The molecule has 0 bridgehead atoms. The summed E-state index contributed by atoms with van der Waals surface area (Å²) in [7, 11) is 2.31. The summed E-state index contributed by atoms with van der Waals surface area (Å²) in [4.78, 5) is 19.6. The fraction of sp³-hybridized carbons (Fsp3) is 0.250. The van der Waals surface area contributed by atoms with Crippen LogP contribution in [-0.4, -0.2) is 53.9 Å². The molecule has 0 fully saturated rings. The second-order valence-corrected chi connectivity index (χ2v) is 7.04. The van der Waals surface area contributed by atoms with E-state index < -0.39 is 35.5 Å². The van der Waals surface area contributed by atoms with Crippen LogP contribution in [-0.2, 0) is 14.3 Å². The number of alkyl halides is 3. The van der Waals surface area contributed by atoms with Crippen molar-refractivity contribution < 1.29 is 37.1 Å². The van der Waals surface area contributed by atoms with E-state index in [1.807, 2.05) is 0 Å². The fourth-order valence-electron chi connectivity index (χ4n) is 3.25. The topological polar surface area (TPSA) is 107 Å². The van der Waals surface area contributed by atoms with Crippen LogP contribution in [0, 0.1) is 0 Å². The average molecular weight is 489 g/mol. The molecule has 35 heavy (non-hydrogen) atoms. The van der Waals surface area contributed by atoms with Crippen molar-refractivity contribution in [2.75, 3.05) is 20.8 Å². The number of carbonyl (C=O) groups excluding carboxylic acids is 1. The van der Waals surface area contributed by atoms with Crippen LogP contribution >= 0.6 is 0 Å². The number of hydrogen-bond acceptors (Lipinski definition) is 8. The quantitative estimate of drug-likeness (QED) is 0.284. The largest absolute Gasteiger partial charge is 0.491 e. The van der Waals surface area contributed by atoms with Gasteiger partial charge in [-0.3, -0.25) is 4.99 Å². The molecule has 0 saturated carbocycles. The Hall–Kier alpha value is -3.99. The molecule has 1 atom stereocenters. The number of carbonyl (C=O) groups is 1. The number of allylic oxidation sites excluding steroid dienone is 1. The first kappa shape index (κ1) is 25.6. The zero-order valence-corrected chi connectivity index (χ0v) is 19.0. The van der Waals surface area contributed by atoms with E-state index in [2.05, 4.69) is 15.1 Å². The van der Waals surface area contributed by atoms with Gasteiger partial charge in [0.25, 0.3) is 5.89 Å². The van der Waals surface area contributed by atoms with E-state index in [9.17, 15) is 23.1 Å². The van der Waals surface area contributed by atoms with Gasteiger partial charge in [0.1, 0.15) is 5.57 Å². The van der Waals surface area contributed by atoms with Crippen LogP contribution in [0.15, 0.2) is 69.7 Å². The van der Waals surface area contributed by atoms with Crippen molar-refractivity contribution in [3.05, 3.63) is 77.2 Å². The molecule has 3 rings (SSSR count). The molecule has 2 aromatic carbocycles. The van der Waals surface area contributed by atoms with E-state index in [0.717, 1.165) is 7.11 Å². The number of aliphatic hydroxyl groups is 1. The van der Waals surface area contributed by atoms with Crippen LogP contribution in [0.5, 0.6) is 0 Å². The van der Waals surface area contributed by atoms with E-state index in [0.29, 0.717) is 5.56 Å². The molecule has 0 aliphatic carbocycles. The highest BCUT2D eigenvalue weighted by atomic mass is 19.4. The summed E-state index contributed by atoms with van der Waals surface area (Å²) in [5.41, 5.74) is -0.660. The van der Waals surface area contributed by atoms with Gasteiger partial charge in [0.15, 0.2) is 11.9 Å². The van der Waals surface area contributed by atoms with E-state index in [4.69, 9.17) is 14.0 Å². The lowest BCUT2D eigenvalue weighted by Gasteiger charge is -2.17. The van der Waals surface area contributed by atoms with Crippen molar-refractivity contribution in [1.29, 1.82) is 0 Å². The number of benzene rings is 2. The Balaban J connectivity index is 2.01. The number of nitrogens with zero attached hydrogens (tertiary/aromatic N) is 3. The zero-order chi connectivity index (χ0) is 25.6. The molecule has 3 aromatic rings. The minimum Gasteiger partial charge on any atom is -0.491 e. The van der Waals surface area contributed by atoms with Gasteiger partial charge in [-0.1, -0.05) is 59.8 Å². The van der Waals surface area contributed by atoms with Gasteiger partial charge in [-0.2, -0.15) is 18.2 Å². The van der Waals surface area contributed by atoms with Gasteiger partial charge >= 0.3 is 12.1 Å². The Morgan fingerprint density at radius 2 is 1.80 bits per heavy atom. The fourth-order valence-corrected chi connectivity index (χ4v) is 3.25. The van der Waals surface area contributed by atoms with E-state index >= 15 is 0 Å². The molecular weight excluding hydrogens is 467 g/mol. The van der Waals surface area contributed by atoms with Crippen LogP contribution in [0.2, 0.25) is 0 Å². The van der Waals surface area contributed by atoms with Crippen LogP contribution in [0.25, 0.3) is 17.1 Å². The molecule has 1 aromatic heterocycles. The van der Waals surface area contributed by atoms with Crippen LogP contribution < -0.4 is 0 Å². The predicted octanol–water partition coefficient (Wildman–Crippen LogP) is 4.37. The number of rotatable bonds is 8. The van der Waals surface area contributed by atoms with E-state index in [-0.39, 0.29) is 29.3 Å². The minimum atomic E-state index is -4.85. The second-order valence-electron chi connectivity index (χ2n) is 7.04. The second kappa shape index (κ2) is 11.0. The molecule has 0 amide bonds. The maximum atomic E-state index is 14.2. The van der Waals surface area contributed by atoms with Crippen molar-refractivity contribution in [3.63, 3.8) is 0 Å². The van der Waals surface area contributed by atoms with Gasteiger partial charge in [0.05, 0.1) is 19.4 Å². The van der Waals surface area contributed by atoms with E-state index in [1.54, 1.807) is 25.1 Å². The number of aromatic nitrogens is 2. The van der Waals surface area contributed by atoms with Crippen molar-refractivity contribution in [1.82, 2.24) is 10.1 Å². The molecule has 11 heteroatoms. The van der Waals surface area contributed by atoms with Crippen LogP contribution in [0.3, 0.4) is 0 Å². The lowest BCUT2D eigenvalue weighted by Crippen LogP contribution is -2.23. The summed E-state index contributed by atoms with van der Waals surface area (Å²) in [6.07, 6.45) is -6.33. The summed E-state index contributed by atoms with van der Waals surface area (Å²) in [5, 5.41) is 13.8. The predicted molar refractivity (Wildman–Crippen MR) is 120 cm³/mol. The third-order valence-corrected chi connectivity index (χ3v) is 4.84. The minimum absolute atomic E-state index is 0.0250. The number of hydrogen-bond donors (Lipinski definition) is 1. The van der Waals surface area contributed by atoms with Crippen molar-refractivity contribution in [2.45, 2.75) is 19.2 Å². The van der Waals surface area contributed by atoms with Crippen molar-refractivity contribution in [2.24, 2.45) is 4.99 Å². The summed E-state index contributed by atoms with van der Waals surface area (Å²) in [5.74, 6) is -2.01. The SMILES string of the molecule is CCOC(=O)C(O)c1ccc(-c2noc(/C(OC)=C(/C(=NC)c3ccccc3)C(F)(F)F)n2)cc1. The Morgan fingerprint density at radius 1 is 1.14 bits per heavy atom. The summed E-state index contributed by atoms with van der Waals surface area (Å²) in [6, 6.07) is 13.7. The molecule has 184 valence electrons. The van der Waals surface area contributed by atoms with Gasteiger partial charge in [0.2, 0.25) is 5.82 Å². The number of halogens is 3. The Bertz CT molecular complexity index is 1220. The maximum absolute atomic E-state index is 14.2. The lowest BCUT2D eigenvalue weighted by atomic mass is 10.0. The van der Waals surface area contributed by atoms with Crippen LogP contribution in [0.4, 0.5) is 13.2 Å². The monoisotopic (exact) mass is 489 g/mol. The summed E-state index contributed by atoms with van der Waals surface area (Å²) < 4.78 is 57.5. The molecule has 8 nitrogen and oxygen atoms in total. The molecule has 1 heterocycles. The first-order valence-electron chi connectivity index (χ1n) is 10.4. The summed E-state index contributed by atoms with van der Waals surface area (Å²) in [6.45, 7) is 1.73. The molecule has 0 radical (unpaired) electrons. The Kier molecular flexibility index (Phi) is 8.02. The van der Waals surface area contributed by atoms with Crippen LogP contribution in [0.1, 0.15) is 30.0 Å². The Labute approximate surface area is 198 Å². The van der Waals surface area contributed by atoms with Gasteiger partial charge in [0, 0.05) is 18.2 Å². The molecule has 0 spiro atoms. The Morgan fingerprint density at radius 3 is 2.34 bits per heavy atom. The third kappa shape index (κ3) is 5.75. The highest BCUT2D eigenvalue weighted by Gasteiger charge is 2.42. The highest BCUT2D eigenvalue weighted by molar-refractivity contribution is 6.16. The normalized spacial score (nSPS) is 13.7.